The van der Waals surface area contributed by atoms with Gasteiger partial charge in [0.05, 0.1) is 0 Å². The number of hydrogen-bond donors (Lipinski definition) is 0. The van der Waals surface area contributed by atoms with Gasteiger partial charge >= 0.3 is 0 Å². The lowest BCUT2D eigenvalue weighted by Crippen LogP contribution is -2.12. The molecule has 0 fully saturated rings. The van der Waals surface area contributed by atoms with Crippen molar-refractivity contribution >= 4 is 0 Å². The highest BCUT2D eigenvalue weighted by Crippen LogP contribution is 2.27. The van der Waals surface area contributed by atoms with Crippen molar-refractivity contribution in [2.75, 3.05) is 14.1 Å². The zero-order chi connectivity index (χ0) is 13.0. The molecule has 0 aliphatic carbocycles. The van der Waals surface area contributed by atoms with Gasteiger partial charge < -0.3 is 9.64 Å². The summed E-state index contributed by atoms with van der Waals surface area (Å²) in [7, 11) is 3.80. The fraction of sp³-hybridized carbons (Fsp3) is 0.200. The van der Waals surface area contributed by atoms with E-state index in [4.69, 9.17) is 4.74 Å². The largest absolute Gasteiger partial charge is 0.457 e. The first-order chi connectivity index (χ1) is 8.66. The summed E-state index contributed by atoms with van der Waals surface area (Å²) in [6.07, 6.45) is 0. The fourth-order valence-corrected chi connectivity index (χ4v) is 1.72. The molecule has 18 heavy (non-hydrogen) atoms. The minimum Gasteiger partial charge on any atom is -0.457 e. The maximum Gasteiger partial charge on any atom is 0.134 e. The van der Waals surface area contributed by atoms with Crippen LogP contribution in [-0.4, -0.2) is 19.0 Å². The average Bonchev–Trinajstić information content (AvgIpc) is 2.34. The van der Waals surface area contributed by atoms with E-state index in [1.165, 1.54) is 6.07 Å². The lowest BCUT2D eigenvalue weighted by molar-refractivity contribution is 0.377. The van der Waals surface area contributed by atoms with Crippen molar-refractivity contribution in [1.82, 2.24) is 4.90 Å². The fourth-order valence-electron chi connectivity index (χ4n) is 1.72. The molecule has 2 aromatic carbocycles. The van der Waals surface area contributed by atoms with E-state index in [2.05, 4.69) is 0 Å². The van der Waals surface area contributed by atoms with Gasteiger partial charge in [-0.15, -0.1) is 0 Å². The molecule has 0 aliphatic heterocycles. The van der Waals surface area contributed by atoms with Crippen LogP contribution in [0.15, 0.2) is 48.5 Å². The number of hydrogen-bond acceptors (Lipinski definition) is 2. The van der Waals surface area contributed by atoms with Gasteiger partial charge in [0.1, 0.15) is 17.3 Å². The van der Waals surface area contributed by atoms with E-state index in [1.54, 1.807) is 12.1 Å². The van der Waals surface area contributed by atoms with Crippen molar-refractivity contribution in [2.45, 2.75) is 6.54 Å². The average molecular weight is 245 g/mol. The molecule has 0 amide bonds. The molecule has 0 spiro atoms. The maximum absolute atomic E-state index is 13.8. The number of halogens is 1. The second kappa shape index (κ2) is 5.65. The molecule has 2 aromatic rings. The predicted octanol–water partition coefficient (Wildman–Crippen LogP) is 3.68. The summed E-state index contributed by atoms with van der Waals surface area (Å²) in [5.41, 5.74) is 0.575. The summed E-state index contributed by atoms with van der Waals surface area (Å²) in [5.74, 6) is 1.04. The Bertz CT molecular complexity index is 511. The summed E-state index contributed by atoms with van der Waals surface area (Å²) in [6, 6.07) is 14.3. The van der Waals surface area contributed by atoms with Gasteiger partial charge in [-0.2, -0.15) is 0 Å². The third-order valence-electron chi connectivity index (χ3n) is 2.52. The van der Waals surface area contributed by atoms with Gasteiger partial charge in [-0.1, -0.05) is 24.3 Å². The topological polar surface area (TPSA) is 12.5 Å². The van der Waals surface area contributed by atoms with E-state index < -0.39 is 0 Å². The van der Waals surface area contributed by atoms with Crippen LogP contribution in [0.1, 0.15) is 5.56 Å². The Balaban J connectivity index is 2.30. The third kappa shape index (κ3) is 3.08. The lowest BCUT2D eigenvalue weighted by atomic mass is 10.2. The molecule has 0 unspecified atom stereocenters. The third-order valence-corrected chi connectivity index (χ3v) is 2.52. The summed E-state index contributed by atoms with van der Waals surface area (Å²) in [5, 5.41) is 0. The molecule has 94 valence electrons. The molecular formula is C15H16FNO. The normalized spacial score (nSPS) is 10.7. The zero-order valence-corrected chi connectivity index (χ0v) is 10.6. The second-order valence-electron chi connectivity index (χ2n) is 4.37. The highest BCUT2D eigenvalue weighted by molar-refractivity contribution is 5.38. The molecule has 0 aromatic heterocycles. The number of para-hydroxylation sites is 1. The first-order valence-electron chi connectivity index (χ1n) is 5.82. The van der Waals surface area contributed by atoms with Crippen molar-refractivity contribution in [1.29, 1.82) is 0 Å². The number of nitrogens with zero attached hydrogens (tertiary/aromatic N) is 1. The van der Waals surface area contributed by atoms with Gasteiger partial charge in [0, 0.05) is 12.1 Å². The van der Waals surface area contributed by atoms with Crippen LogP contribution in [0.4, 0.5) is 4.39 Å². The molecule has 2 rings (SSSR count). The molecule has 0 bridgehead atoms. The first kappa shape index (κ1) is 12.6. The van der Waals surface area contributed by atoms with Gasteiger partial charge in [-0.05, 0) is 38.4 Å². The number of benzene rings is 2. The van der Waals surface area contributed by atoms with Gasteiger partial charge in [0.25, 0.3) is 0 Å². The van der Waals surface area contributed by atoms with Crippen LogP contribution in [-0.2, 0) is 6.54 Å². The van der Waals surface area contributed by atoms with Gasteiger partial charge in [0.2, 0.25) is 0 Å². The van der Waals surface area contributed by atoms with Crippen LogP contribution in [0, 0.1) is 5.82 Å². The number of rotatable bonds is 4. The van der Waals surface area contributed by atoms with Crippen molar-refractivity contribution < 1.29 is 9.13 Å². The van der Waals surface area contributed by atoms with Crippen LogP contribution >= 0.6 is 0 Å². The van der Waals surface area contributed by atoms with Crippen LogP contribution in [0.25, 0.3) is 0 Å². The Morgan fingerprint density at radius 3 is 2.39 bits per heavy atom. The van der Waals surface area contributed by atoms with Crippen molar-refractivity contribution in [3.8, 4) is 11.5 Å². The van der Waals surface area contributed by atoms with Crippen molar-refractivity contribution in [3.63, 3.8) is 0 Å². The molecule has 0 N–H and O–H groups in total. The molecule has 0 aliphatic rings. The molecule has 0 atom stereocenters. The van der Waals surface area contributed by atoms with E-state index in [0.29, 0.717) is 23.6 Å². The molecule has 3 heteroatoms. The second-order valence-corrected chi connectivity index (χ2v) is 4.37. The summed E-state index contributed by atoms with van der Waals surface area (Å²) in [4.78, 5) is 1.91. The SMILES string of the molecule is CN(C)Cc1c(F)cccc1Oc1ccccc1. The van der Waals surface area contributed by atoms with Crippen LogP contribution in [0.3, 0.4) is 0 Å². The van der Waals surface area contributed by atoms with Gasteiger partial charge in [-0.3, -0.25) is 0 Å². The molecule has 0 radical (unpaired) electrons. The van der Waals surface area contributed by atoms with Gasteiger partial charge in [-0.25, -0.2) is 4.39 Å². The Morgan fingerprint density at radius 2 is 1.72 bits per heavy atom. The quantitative estimate of drug-likeness (QED) is 0.814. The maximum atomic E-state index is 13.8. The Morgan fingerprint density at radius 1 is 1.00 bits per heavy atom. The standard InChI is InChI=1S/C15H16FNO/c1-17(2)11-13-14(16)9-6-10-15(13)18-12-7-4-3-5-8-12/h3-10H,11H2,1-2H3. The van der Waals surface area contributed by atoms with Crippen LogP contribution < -0.4 is 4.74 Å². The monoisotopic (exact) mass is 245 g/mol. The molecular weight excluding hydrogens is 229 g/mol. The minimum absolute atomic E-state index is 0.239. The summed E-state index contributed by atoms with van der Waals surface area (Å²) < 4.78 is 19.5. The Labute approximate surface area is 107 Å². The molecule has 0 heterocycles. The summed E-state index contributed by atoms with van der Waals surface area (Å²) >= 11 is 0. The highest BCUT2D eigenvalue weighted by atomic mass is 19.1. The van der Waals surface area contributed by atoms with Crippen molar-refractivity contribution in [2.24, 2.45) is 0 Å². The predicted molar refractivity (Wildman–Crippen MR) is 70.3 cm³/mol. The molecule has 2 nitrogen and oxygen atoms in total. The van der Waals surface area contributed by atoms with Crippen LogP contribution in [0.2, 0.25) is 0 Å². The smallest absolute Gasteiger partial charge is 0.134 e. The summed E-state index contributed by atoms with van der Waals surface area (Å²) in [6.45, 7) is 0.509. The van der Waals surface area contributed by atoms with E-state index in [-0.39, 0.29) is 5.82 Å². The molecule has 0 saturated heterocycles. The Hall–Kier alpha value is -1.87. The van der Waals surface area contributed by atoms with E-state index in [0.717, 1.165) is 0 Å². The lowest BCUT2D eigenvalue weighted by Gasteiger charge is -2.15. The van der Waals surface area contributed by atoms with Gasteiger partial charge in [0.15, 0.2) is 0 Å². The van der Waals surface area contributed by atoms with E-state index >= 15 is 0 Å². The Kier molecular flexibility index (Phi) is 3.95. The van der Waals surface area contributed by atoms with Crippen molar-refractivity contribution in [3.05, 3.63) is 59.9 Å². The number of ether oxygens (including phenoxy) is 1. The van der Waals surface area contributed by atoms with Crippen LogP contribution in [0.5, 0.6) is 11.5 Å². The minimum atomic E-state index is -0.239. The molecule has 0 saturated carbocycles. The highest BCUT2D eigenvalue weighted by Gasteiger charge is 2.11. The first-order valence-corrected chi connectivity index (χ1v) is 5.82. The van der Waals surface area contributed by atoms with E-state index in [9.17, 15) is 4.39 Å². The zero-order valence-electron chi connectivity index (χ0n) is 10.6. The van der Waals surface area contributed by atoms with E-state index in [1.807, 2.05) is 49.3 Å².